The van der Waals surface area contributed by atoms with Crippen LogP contribution in [0.3, 0.4) is 0 Å². The Morgan fingerprint density at radius 2 is 2.10 bits per heavy atom. The molecule has 1 aliphatic rings. The van der Waals surface area contributed by atoms with Crippen molar-refractivity contribution in [2.75, 3.05) is 13.2 Å². The first-order valence-electron chi connectivity index (χ1n) is 7.32. The first-order chi connectivity index (χ1) is 10.2. The monoisotopic (exact) mass is 349 g/mol. The lowest BCUT2D eigenvalue weighted by Crippen LogP contribution is -2.34. The number of hydrogen-bond donors (Lipinski definition) is 1. The third-order valence-corrected chi connectivity index (χ3v) is 4.83. The van der Waals surface area contributed by atoms with Gasteiger partial charge in [-0.15, -0.1) is 0 Å². The van der Waals surface area contributed by atoms with E-state index in [0.29, 0.717) is 5.92 Å². The van der Waals surface area contributed by atoms with E-state index in [4.69, 9.17) is 0 Å². The average molecular weight is 350 g/mol. The van der Waals surface area contributed by atoms with Crippen molar-refractivity contribution in [1.82, 2.24) is 14.7 Å². The van der Waals surface area contributed by atoms with Gasteiger partial charge in [0.25, 0.3) is 0 Å². The molecule has 1 aromatic heterocycles. The molecule has 1 aromatic carbocycles. The van der Waals surface area contributed by atoms with Crippen molar-refractivity contribution in [3.05, 3.63) is 46.7 Å². The van der Waals surface area contributed by atoms with Crippen LogP contribution < -0.4 is 0 Å². The van der Waals surface area contributed by atoms with Crippen LogP contribution in [-0.4, -0.2) is 39.0 Å². The predicted molar refractivity (Wildman–Crippen MR) is 86.3 cm³/mol. The second kappa shape index (κ2) is 6.30. The summed E-state index contributed by atoms with van der Waals surface area (Å²) >= 11 is 3.44. The van der Waals surface area contributed by atoms with Gasteiger partial charge in [-0.2, -0.15) is 5.10 Å². The molecule has 21 heavy (non-hydrogen) atoms. The molecular weight excluding hydrogens is 330 g/mol. The molecule has 0 bridgehead atoms. The minimum Gasteiger partial charge on any atom is -0.395 e. The van der Waals surface area contributed by atoms with Crippen LogP contribution in [0, 0.1) is 5.92 Å². The Morgan fingerprint density at radius 1 is 1.33 bits per heavy atom. The SMILES string of the molecule is CC1CCN(Cc2cnn(-c3ccc(Br)cc3)c2)C1CO. The minimum absolute atomic E-state index is 0.238. The third-order valence-electron chi connectivity index (χ3n) is 4.30. The number of aliphatic hydroxyl groups is 1. The topological polar surface area (TPSA) is 41.3 Å². The molecule has 5 heteroatoms. The van der Waals surface area contributed by atoms with Gasteiger partial charge in [-0.25, -0.2) is 4.68 Å². The van der Waals surface area contributed by atoms with Crippen LogP contribution in [0.1, 0.15) is 18.9 Å². The summed E-state index contributed by atoms with van der Waals surface area (Å²) in [6.07, 6.45) is 5.15. The Balaban J connectivity index is 1.72. The summed E-state index contributed by atoms with van der Waals surface area (Å²) in [5, 5.41) is 14.0. The molecule has 2 atom stereocenters. The summed E-state index contributed by atoms with van der Waals surface area (Å²) in [4.78, 5) is 2.35. The molecule has 2 unspecified atom stereocenters. The van der Waals surface area contributed by atoms with E-state index in [1.807, 2.05) is 35.1 Å². The van der Waals surface area contributed by atoms with Crippen LogP contribution in [-0.2, 0) is 6.54 Å². The van der Waals surface area contributed by atoms with Crippen molar-refractivity contribution in [1.29, 1.82) is 0 Å². The summed E-state index contributed by atoms with van der Waals surface area (Å²) in [7, 11) is 0. The molecule has 1 fully saturated rings. The van der Waals surface area contributed by atoms with E-state index in [1.165, 1.54) is 5.56 Å². The van der Waals surface area contributed by atoms with Crippen LogP contribution in [0.5, 0.6) is 0 Å². The standard InChI is InChI=1S/C16H20BrN3O/c1-12-6-7-19(16(12)11-21)9-13-8-18-20(10-13)15-4-2-14(17)3-5-15/h2-5,8,10,12,16,21H,6-7,9,11H2,1H3. The lowest BCUT2D eigenvalue weighted by molar-refractivity contribution is 0.134. The minimum atomic E-state index is 0.238. The van der Waals surface area contributed by atoms with Crippen molar-refractivity contribution in [2.24, 2.45) is 5.92 Å². The zero-order valence-electron chi connectivity index (χ0n) is 12.1. The van der Waals surface area contributed by atoms with Gasteiger partial charge in [0.1, 0.15) is 0 Å². The summed E-state index contributed by atoms with van der Waals surface area (Å²) in [5.74, 6) is 0.566. The maximum Gasteiger partial charge on any atom is 0.0646 e. The van der Waals surface area contributed by atoms with Gasteiger partial charge in [0.05, 0.1) is 18.5 Å². The van der Waals surface area contributed by atoms with Gasteiger partial charge < -0.3 is 5.11 Å². The van der Waals surface area contributed by atoms with E-state index in [-0.39, 0.29) is 12.6 Å². The van der Waals surface area contributed by atoms with Crippen LogP contribution in [0.25, 0.3) is 5.69 Å². The molecule has 0 radical (unpaired) electrons. The van der Waals surface area contributed by atoms with Gasteiger partial charge in [0.2, 0.25) is 0 Å². The van der Waals surface area contributed by atoms with Gasteiger partial charge in [0, 0.05) is 28.8 Å². The van der Waals surface area contributed by atoms with E-state index < -0.39 is 0 Å². The number of benzene rings is 1. The van der Waals surface area contributed by atoms with Crippen LogP contribution >= 0.6 is 15.9 Å². The van der Waals surface area contributed by atoms with Crippen LogP contribution in [0.2, 0.25) is 0 Å². The highest BCUT2D eigenvalue weighted by atomic mass is 79.9. The van der Waals surface area contributed by atoms with Crippen molar-refractivity contribution >= 4 is 15.9 Å². The lowest BCUT2D eigenvalue weighted by atomic mass is 10.0. The Bertz CT molecular complexity index is 596. The summed E-state index contributed by atoms with van der Waals surface area (Å²) in [6.45, 7) is 4.36. The molecule has 1 aliphatic heterocycles. The first-order valence-corrected chi connectivity index (χ1v) is 8.11. The fraction of sp³-hybridized carbons (Fsp3) is 0.438. The molecule has 1 saturated heterocycles. The van der Waals surface area contributed by atoms with Crippen molar-refractivity contribution in [3.8, 4) is 5.69 Å². The Kier molecular flexibility index (Phi) is 4.42. The van der Waals surface area contributed by atoms with Gasteiger partial charge in [-0.3, -0.25) is 4.90 Å². The molecular formula is C16H20BrN3O. The molecule has 2 aromatic rings. The number of nitrogens with zero attached hydrogens (tertiary/aromatic N) is 3. The summed E-state index contributed by atoms with van der Waals surface area (Å²) in [6, 6.07) is 8.38. The van der Waals surface area contributed by atoms with Crippen molar-refractivity contribution < 1.29 is 5.11 Å². The molecule has 0 saturated carbocycles. The van der Waals surface area contributed by atoms with Crippen molar-refractivity contribution in [2.45, 2.75) is 25.9 Å². The van der Waals surface area contributed by atoms with E-state index in [0.717, 1.165) is 29.7 Å². The van der Waals surface area contributed by atoms with E-state index >= 15 is 0 Å². The molecule has 4 nitrogen and oxygen atoms in total. The van der Waals surface area contributed by atoms with Crippen LogP contribution in [0.4, 0.5) is 0 Å². The molecule has 3 rings (SSSR count). The fourth-order valence-electron chi connectivity index (χ4n) is 2.99. The number of aromatic nitrogens is 2. The second-order valence-electron chi connectivity index (χ2n) is 5.76. The largest absolute Gasteiger partial charge is 0.395 e. The third kappa shape index (κ3) is 3.20. The van der Waals surface area contributed by atoms with E-state index in [1.54, 1.807) is 0 Å². The van der Waals surface area contributed by atoms with Gasteiger partial charge >= 0.3 is 0 Å². The number of hydrogen-bond acceptors (Lipinski definition) is 3. The van der Waals surface area contributed by atoms with E-state index in [2.05, 4.69) is 39.0 Å². The van der Waals surface area contributed by atoms with Crippen LogP contribution in [0.15, 0.2) is 41.1 Å². The Hall–Kier alpha value is -1.17. The van der Waals surface area contributed by atoms with Gasteiger partial charge in [-0.1, -0.05) is 22.9 Å². The Morgan fingerprint density at radius 3 is 2.81 bits per heavy atom. The van der Waals surface area contributed by atoms with Gasteiger partial charge in [-0.05, 0) is 43.1 Å². The highest BCUT2D eigenvalue weighted by Gasteiger charge is 2.30. The second-order valence-corrected chi connectivity index (χ2v) is 6.67. The molecule has 0 amide bonds. The molecule has 0 spiro atoms. The number of rotatable bonds is 4. The highest BCUT2D eigenvalue weighted by molar-refractivity contribution is 9.10. The maximum absolute atomic E-state index is 9.53. The van der Waals surface area contributed by atoms with Crippen molar-refractivity contribution in [3.63, 3.8) is 0 Å². The lowest BCUT2D eigenvalue weighted by Gasteiger charge is -2.24. The molecule has 112 valence electrons. The first kappa shape index (κ1) is 14.8. The fourth-order valence-corrected chi connectivity index (χ4v) is 3.25. The van der Waals surface area contributed by atoms with Gasteiger partial charge in [0.15, 0.2) is 0 Å². The quantitative estimate of drug-likeness (QED) is 0.922. The highest BCUT2D eigenvalue weighted by Crippen LogP contribution is 2.25. The van der Waals surface area contributed by atoms with E-state index in [9.17, 15) is 5.11 Å². The normalized spacial score (nSPS) is 22.8. The molecule has 0 aliphatic carbocycles. The Labute approximate surface area is 133 Å². The number of likely N-dealkylation sites (tertiary alicyclic amines) is 1. The zero-order valence-corrected chi connectivity index (χ0v) is 13.7. The molecule has 2 heterocycles. The maximum atomic E-state index is 9.53. The number of halogens is 1. The summed E-state index contributed by atoms with van der Waals surface area (Å²) < 4.78 is 2.96. The predicted octanol–water partition coefficient (Wildman–Crippen LogP) is 2.84. The average Bonchev–Trinajstić information content (AvgIpc) is 3.07. The summed E-state index contributed by atoms with van der Waals surface area (Å²) in [5.41, 5.74) is 2.24. The smallest absolute Gasteiger partial charge is 0.0646 e. The molecule has 1 N–H and O–H groups in total. The zero-order chi connectivity index (χ0) is 14.8. The number of aliphatic hydroxyl groups excluding tert-OH is 1.